The van der Waals surface area contributed by atoms with Gasteiger partial charge < -0.3 is 19.3 Å². The molecule has 0 fully saturated rings. The first-order valence-electron chi connectivity index (χ1n) is 8.68. The second-order valence-corrected chi connectivity index (χ2v) is 6.69. The number of hydrogen-bond acceptors (Lipinski definition) is 5. The summed E-state index contributed by atoms with van der Waals surface area (Å²) in [5.41, 5.74) is 10.6. The van der Waals surface area contributed by atoms with Gasteiger partial charge in [-0.1, -0.05) is 6.92 Å². The molecule has 134 valence electrons. The molecule has 0 aliphatic carbocycles. The van der Waals surface area contributed by atoms with Gasteiger partial charge in [0, 0.05) is 41.1 Å². The van der Waals surface area contributed by atoms with Gasteiger partial charge in [-0.3, -0.25) is 0 Å². The minimum atomic E-state index is -0.330. The molecule has 25 heavy (non-hydrogen) atoms. The average molecular weight is 343 g/mol. The van der Waals surface area contributed by atoms with E-state index >= 15 is 0 Å². The van der Waals surface area contributed by atoms with Crippen molar-refractivity contribution in [1.29, 1.82) is 0 Å². The lowest BCUT2D eigenvalue weighted by atomic mass is 9.91. The normalized spacial score (nSPS) is 13.0. The van der Waals surface area contributed by atoms with Crippen LogP contribution in [0.4, 0.5) is 0 Å². The van der Waals surface area contributed by atoms with Crippen molar-refractivity contribution < 1.29 is 13.6 Å². The van der Waals surface area contributed by atoms with Crippen LogP contribution in [-0.2, 0) is 4.74 Å². The number of nitrogens with two attached hydrogens (primary N) is 1. The summed E-state index contributed by atoms with van der Waals surface area (Å²) in [7, 11) is 0. The van der Waals surface area contributed by atoms with Crippen LogP contribution in [0.25, 0.3) is 21.9 Å². The van der Waals surface area contributed by atoms with Gasteiger partial charge in [0.1, 0.15) is 11.2 Å². The van der Waals surface area contributed by atoms with Gasteiger partial charge >= 0.3 is 5.63 Å². The molecule has 0 aliphatic rings. The SMILES string of the molecule is Cc1c2oc(=O)cc(C)c2c(C)c2c(C(C)CCOCCN)coc12. The van der Waals surface area contributed by atoms with E-state index in [-0.39, 0.29) is 5.63 Å². The summed E-state index contributed by atoms with van der Waals surface area (Å²) in [5.74, 6) is 0.297. The van der Waals surface area contributed by atoms with Crippen LogP contribution in [0.3, 0.4) is 0 Å². The van der Waals surface area contributed by atoms with Gasteiger partial charge in [-0.2, -0.15) is 0 Å². The Bertz CT molecular complexity index is 967. The van der Waals surface area contributed by atoms with Crippen molar-refractivity contribution in [2.75, 3.05) is 19.8 Å². The Morgan fingerprint density at radius 3 is 2.60 bits per heavy atom. The van der Waals surface area contributed by atoms with Gasteiger partial charge in [-0.05, 0) is 44.2 Å². The molecule has 0 amide bonds. The van der Waals surface area contributed by atoms with Gasteiger partial charge in [-0.15, -0.1) is 0 Å². The number of ether oxygens (including phenoxy) is 1. The standard InChI is InChI=1S/C20H25NO4/c1-11(5-7-23-8-6-21)15-10-24-19-14(4)20-17(13(3)18(15)19)12(2)9-16(22)25-20/h9-11H,5-8,21H2,1-4H3. The summed E-state index contributed by atoms with van der Waals surface area (Å²) >= 11 is 0. The average Bonchev–Trinajstić information content (AvgIpc) is 3.01. The van der Waals surface area contributed by atoms with Crippen molar-refractivity contribution >= 4 is 21.9 Å². The molecule has 2 heterocycles. The Labute approximate surface area is 146 Å². The van der Waals surface area contributed by atoms with Crippen LogP contribution in [0.2, 0.25) is 0 Å². The third kappa shape index (κ3) is 3.10. The number of hydrogen-bond donors (Lipinski definition) is 1. The summed E-state index contributed by atoms with van der Waals surface area (Å²) < 4.78 is 16.9. The number of aryl methyl sites for hydroxylation is 3. The molecule has 0 saturated carbocycles. The van der Waals surface area contributed by atoms with Gasteiger partial charge in [0.2, 0.25) is 0 Å². The van der Waals surface area contributed by atoms with E-state index in [1.807, 2.05) is 20.1 Å². The predicted molar refractivity (Wildman–Crippen MR) is 99.4 cm³/mol. The largest absolute Gasteiger partial charge is 0.464 e. The highest BCUT2D eigenvalue weighted by Gasteiger charge is 2.21. The number of furan rings is 1. The molecule has 5 nitrogen and oxygen atoms in total. The van der Waals surface area contributed by atoms with Gasteiger partial charge in [0.15, 0.2) is 0 Å². The summed E-state index contributed by atoms with van der Waals surface area (Å²) in [6, 6.07) is 1.55. The van der Waals surface area contributed by atoms with Gasteiger partial charge in [0.05, 0.1) is 12.9 Å². The second-order valence-electron chi connectivity index (χ2n) is 6.69. The molecular formula is C20H25NO4. The van der Waals surface area contributed by atoms with E-state index in [0.717, 1.165) is 39.5 Å². The highest BCUT2D eigenvalue weighted by molar-refractivity contribution is 6.03. The third-order valence-electron chi connectivity index (χ3n) is 4.90. The van der Waals surface area contributed by atoms with Gasteiger partial charge in [-0.25, -0.2) is 4.79 Å². The molecular weight excluding hydrogens is 318 g/mol. The Morgan fingerprint density at radius 2 is 1.88 bits per heavy atom. The van der Waals surface area contributed by atoms with E-state index in [2.05, 4.69) is 13.8 Å². The van der Waals surface area contributed by atoms with E-state index in [9.17, 15) is 4.79 Å². The molecule has 3 aromatic rings. The van der Waals surface area contributed by atoms with Crippen molar-refractivity contribution in [2.24, 2.45) is 5.73 Å². The number of rotatable bonds is 6. The lowest BCUT2D eigenvalue weighted by molar-refractivity contribution is 0.135. The molecule has 1 unspecified atom stereocenters. The molecule has 0 spiro atoms. The van der Waals surface area contributed by atoms with Crippen LogP contribution < -0.4 is 11.4 Å². The molecule has 0 bridgehead atoms. The summed E-state index contributed by atoms with van der Waals surface area (Å²) in [4.78, 5) is 11.8. The highest BCUT2D eigenvalue weighted by atomic mass is 16.5. The highest BCUT2D eigenvalue weighted by Crippen LogP contribution is 2.39. The summed E-state index contributed by atoms with van der Waals surface area (Å²) in [5, 5.41) is 2.12. The van der Waals surface area contributed by atoms with Crippen LogP contribution in [0.1, 0.15) is 41.5 Å². The van der Waals surface area contributed by atoms with E-state index < -0.39 is 0 Å². The number of fused-ring (bicyclic) bond motifs is 2. The molecule has 0 aliphatic heterocycles. The fourth-order valence-corrected chi connectivity index (χ4v) is 3.56. The maximum atomic E-state index is 11.8. The first kappa shape index (κ1) is 17.7. The van der Waals surface area contributed by atoms with Gasteiger partial charge in [0.25, 0.3) is 0 Å². The van der Waals surface area contributed by atoms with Crippen LogP contribution >= 0.6 is 0 Å². The molecule has 5 heteroatoms. The Balaban J connectivity index is 2.13. The summed E-state index contributed by atoms with van der Waals surface area (Å²) in [6.45, 7) is 9.92. The van der Waals surface area contributed by atoms with Crippen molar-refractivity contribution in [1.82, 2.24) is 0 Å². The van der Waals surface area contributed by atoms with E-state index in [0.29, 0.717) is 31.3 Å². The monoisotopic (exact) mass is 343 g/mol. The topological polar surface area (TPSA) is 78.6 Å². The van der Waals surface area contributed by atoms with Crippen LogP contribution in [0.15, 0.2) is 26.0 Å². The minimum Gasteiger partial charge on any atom is -0.464 e. The molecule has 2 N–H and O–H groups in total. The minimum absolute atomic E-state index is 0.297. The maximum Gasteiger partial charge on any atom is 0.336 e. The van der Waals surface area contributed by atoms with Crippen molar-refractivity contribution in [3.63, 3.8) is 0 Å². The van der Waals surface area contributed by atoms with Crippen molar-refractivity contribution in [3.05, 3.63) is 45.0 Å². The van der Waals surface area contributed by atoms with E-state index in [1.54, 1.807) is 6.07 Å². The molecule has 1 atom stereocenters. The fraction of sp³-hybridized carbons (Fsp3) is 0.450. The first-order chi connectivity index (χ1) is 12.0. The maximum absolute atomic E-state index is 11.8. The van der Waals surface area contributed by atoms with Crippen LogP contribution in [0.5, 0.6) is 0 Å². The van der Waals surface area contributed by atoms with Crippen LogP contribution in [0, 0.1) is 20.8 Å². The first-order valence-corrected chi connectivity index (χ1v) is 8.68. The third-order valence-corrected chi connectivity index (χ3v) is 4.90. The zero-order valence-corrected chi connectivity index (χ0v) is 15.3. The lowest BCUT2D eigenvalue weighted by Crippen LogP contribution is -2.10. The zero-order chi connectivity index (χ0) is 18.1. The quantitative estimate of drug-likeness (QED) is 0.542. The Hall–Kier alpha value is -2.11. The molecule has 3 rings (SSSR count). The van der Waals surface area contributed by atoms with Crippen molar-refractivity contribution in [2.45, 2.75) is 40.0 Å². The number of benzene rings is 1. The molecule has 0 saturated heterocycles. The van der Waals surface area contributed by atoms with Crippen molar-refractivity contribution in [3.8, 4) is 0 Å². The second kappa shape index (κ2) is 7.02. The zero-order valence-electron chi connectivity index (χ0n) is 15.3. The van der Waals surface area contributed by atoms with E-state index in [1.165, 1.54) is 5.56 Å². The predicted octanol–water partition coefficient (Wildman–Crippen LogP) is 3.93. The summed E-state index contributed by atoms with van der Waals surface area (Å²) in [6.07, 6.45) is 2.72. The molecule has 0 radical (unpaired) electrons. The van der Waals surface area contributed by atoms with E-state index in [4.69, 9.17) is 19.3 Å². The Kier molecular flexibility index (Phi) is 4.97. The lowest BCUT2D eigenvalue weighted by Gasteiger charge is -2.13. The van der Waals surface area contributed by atoms with Crippen LogP contribution in [-0.4, -0.2) is 19.8 Å². The molecule has 2 aromatic heterocycles. The fourth-order valence-electron chi connectivity index (χ4n) is 3.56. The Morgan fingerprint density at radius 1 is 1.12 bits per heavy atom. The molecule has 1 aromatic carbocycles. The smallest absolute Gasteiger partial charge is 0.336 e.